The molecule has 2 N–H and O–H groups in total. The van der Waals surface area contributed by atoms with Gasteiger partial charge < -0.3 is 9.73 Å². The fourth-order valence-corrected chi connectivity index (χ4v) is 4.43. The van der Waals surface area contributed by atoms with Crippen molar-refractivity contribution in [3.8, 4) is 22.6 Å². The van der Waals surface area contributed by atoms with Gasteiger partial charge in [-0.1, -0.05) is 41.9 Å². The zero-order valence-corrected chi connectivity index (χ0v) is 21.1. The van der Waals surface area contributed by atoms with Crippen LogP contribution >= 0.6 is 22.9 Å². The van der Waals surface area contributed by atoms with Gasteiger partial charge in [0.05, 0.1) is 16.8 Å². The minimum Gasteiger partial charge on any atom is -0.455 e. The fourth-order valence-electron chi connectivity index (χ4n) is 3.50. The molecule has 2 aromatic heterocycles. The quantitative estimate of drug-likeness (QED) is 0.122. The maximum Gasteiger partial charge on any atom is 0.288 e. The van der Waals surface area contributed by atoms with Crippen molar-refractivity contribution in [1.82, 2.24) is 10.4 Å². The van der Waals surface area contributed by atoms with E-state index >= 15 is 0 Å². The number of halogens is 1. The number of rotatable bonds is 8. The van der Waals surface area contributed by atoms with Gasteiger partial charge in [-0.2, -0.15) is 5.10 Å². The molecular formula is C27H18ClN5O4S. The van der Waals surface area contributed by atoms with Gasteiger partial charge in [-0.15, -0.1) is 11.3 Å². The Morgan fingerprint density at radius 2 is 1.79 bits per heavy atom. The van der Waals surface area contributed by atoms with Crippen molar-refractivity contribution < 1.29 is 14.1 Å². The van der Waals surface area contributed by atoms with Crippen molar-refractivity contribution >= 4 is 51.6 Å². The summed E-state index contributed by atoms with van der Waals surface area (Å²) in [5.41, 5.74) is 5.81. The highest BCUT2D eigenvalue weighted by Gasteiger charge is 2.15. The molecule has 3 aromatic carbocycles. The van der Waals surface area contributed by atoms with Crippen LogP contribution in [0.15, 0.2) is 99.8 Å². The average molecular weight is 544 g/mol. The molecule has 0 saturated carbocycles. The predicted molar refractivity (Wildman–Crippen MR) is 148 cm³/mol. The lowest BCUT2D eigenvalue weighted by atomic mass is 10.1. The highest BCUT2D eigenvalue weighted by atomic mass is 35.5. The van der Waals surface area contributed by atoms with Crippen LogP contribution in [0.4, 0.5) is 16.5 Å². The fraction of sp³-hybridized carbons (Fsp3) is 0. The Labute approximate surface area is 225 Å². The summed E-state index contributed by atoms with van der Waals surface area (Å²) in [7, 11) is 0. The molecular weight excluding hydrogens is 526 g/mol. The maximum atomic E-state index is 12.5. The van der Waals surface area contributed by atoms with E-state index in [0.717, 1.165) is 22.1 Å². The second kappa shape index (κ2) is 11.1. The second-order valence-corrected chi connectivity index (χ2v) is 9.20. The molecule has 0 radical (unpaired) electrons. The number of furan rings is 1. The third kappa shape index (κ3) is 5.77. The molecule has 9 nitrogen and oxygen atoms in total. The number of nitrogens with zero attached hydrogens (tertiary/aromatic N) is 3. The standard InChI is InChI=1S/C27H18ClN5O4S/c28-22-12-10-19(14-24(22)33(35)36)25-13-11-21(37-25)15-29-32-26(34)18-8-6-17(7-9-18)23-16-38-27(31-23)30-20-4-2-1-3-5-20/h1-16H,(H,30,31)(H,32,34)/b29-15+. The third-order valence-corrected chi connectivity index (χ3v) is 6.46. The number of thiazole rings is 1. The summed E-state index contributed by atoms with van der Waals surface area (Å²) in [6.45, 7) is 0. The predicted octanol–water partition coefficient (Wildman–Crippen LogP) is 7.14. The number of amides is 1. The lowest BCUT2D eigenvalue weighted by molar-refractivity contribution is -0.384. The largest absolute Gasteiger partial charge is 0.455 e. The van der Waals surface area contributed by atoms with Gasteiger partial charge in [0.1, 0.15) is 16.5 Å². The molecule has 11 heteroatoms. The molecule has 0 saturated heterocycles. The first kappa shape index (κ1) is 24.9. The Balaban J connectivity index is 1.19. The molecule has 188 valence electrons. The van der Waals surface area contributed by atoms with Gasteiger partial charge in [0.25, 0.3) is 11.6 Å². The van der Waals surface area contributed by atoms with Gasteiger partial charge >= 0.3 is 0 Å². The summed E-state index contributed by atoms with van der Waals surface area (Å²) in [4.78, 5) is 27.7. The minimum absolute atomic E-state index is 0.0410. The summed E-state index contributed by atoms with van der Waals surface area (Å²) < 4.78 is 5.66. The Morgan fingerprint density at radius 3 is 2.55 bits per heavy atom. The monoisotopic (exact) mass is 543 g/mol. The van der Waals surface area contributed by atoms with Crippen LogP contribution < -0.4 is 10.7 Å². The van der Waals surface area contributed by atoms with Gasteiger partial charge in [0, 0.05) is 33.8 Å². The molecule has 0 aliphatic rings. The number of anilines is 2. The molecule has 0 unspecified atom stereocenters. The highest BCUT2D eigenvalue weighted by molar-refractivity contribution is 7.14. The first-order valence-corrected chi connectivity index (χ1v) is 12.5. The van der Waals surface area contributed by atoms with Gasteiger partial charge in [0.15, 0.2) is 5.13 Å². The van der Waals surface area contributed by atoms with Crippen molar-refractivity contribution in [1.29, 1.82) is 0 Å². The zero-order chi connectivity index (χ0) is 26.5. The van der Waals surface area contributed by atoms with Crippen molar-refractivity contribution in [3.63, 3.8) is 0 Å². The Bertz CT molecular complexity index is 1630. The number of hydrogen-bond donors (Lipinski definition) is 2. The minimum atomic E-state index is -0.559. The van der Waals surface area contributed by atoms with E-state index in [1.54, 1.807) is 30.3 Å². The van der Waals surface area contributed by atoms with E-state index in [9.17, 15) is 14.9 Å². The van der Waals surface area contributed by atoms with E-state index in [0.29, 0.717) is 22.6 Å². The Hall–Kier alpha value is -4.80. The lowest BCUT2D eigenvalue weighted by Gasteiger charge is -2.02. The summed E-state index contributed by atoms with van der Waals surface area (Å²) in [6, 6.07) is 24.5. The number of benzene rings is 3. The van der Waals surface area contributed by atoms with Crippen LogP contribution in [0.25, 0.3) is 22.6 Å². The first-order chi connectivity index (χ1) is 18.5. The van der Waals surface area contributed by atoms with E-state index in [1.807, 2.05) is 47.8 Å². The molecule has 0 bridgehead atoms. The molecule has 0 atom stereocenters. The van der Waals surface area contributed by atoms with Gasteiger partial charge in [-0.05, 0) is 48.5 Å². The van der Waals surface area contributed by atoms with Crippen LogP contribution in [0.5, 0.6) is 0 Å². The van der Waals surface area contributed by atoms with Gasteiger partial charge in [0.2, 0.25) is 0 Å². The molecule has 5 aromatic rings. The van der Waals surface area contributed by atoms with Crippen molar-refractivity contribution in [2.45, 2.75) is 0 Å². The number of hydrogen-bond acceptors (Lipinski definition) is 8. The number of nitro benzene ring substituents is 1. The molecule has 1 amide bonds. The summed E-state index contributed by atoms with van der Waals surface area (Å²) in [6.07, 6.45) is 1.34. The van der Waals surface area contributed by atoms with Crippen LogP contribution in [0, 0.1) is 10.1 Å². The highest BCUT2D eigenvalue weighted by Crippen LogP contribution is 2.31. The SMILES string of the molecule is O=C(N/N=C/c1ccc(-c2ccc(Cl)c([N+](=O)[O-])c2)o1)c1ccc(-c2csc(Nc3ccccc3)n2)cc1. The normalized spacial score (nSPS) is 11.0. The molecule has 0 fully saturated rings. The maximum absolute atomic E-state index is 12.5. The first-order valence-electron chi connectivity index (χ1n) is 11.2. The topological polar surface area (TPSA) is 123 Å². The zero-order valence-electron chi connectivity index (χ0n) is 19.5. The smallest absolute Gasteiger partial charge is 0.288 e. The van der Waals surface area contributed by atoms with Crippen LogP contribution in [-0.2, 0) is 0 Å². The van der Waals surface area contributed by atoms with Crippen LogP contribution in [0.2, 0.25) is 5.02 Å². The number of aromatic nitrogens is 1. The summed E-state index contributed by atoms with van der Waals surface area (Å²) in [5.74, 6) is 0.367. The van der Waals surface area contributed by atoms with Crippen molar-refractivity contribution in [2.24, 2.45) is 5.10 Å². The van der Waals surface area contributed by atoms with Crippen LogP contribution in [0.1, 0.15) is 16.1 Å². The lowest BCUT2D eigenvalue weighted by Crippen LogP contribution is -2.17. The number of nitrogens with one attached hydrogen (secondary N) is 2. The molecule has 0 spiro atoms. The van der Waals surface area contributed by atoms with E-state index in [4.69, 9.17) is 16.0 Å². The number of para-hydroxylation sites is 1. The summed E-state index contributed by atoms with van der Waals surface area (Å²) >= 11 is 7.36. The van der Waals surface area contributed by atoms with E-state index in [1.165, 1.54) is 29.7 Å². The number of carbonyl (C=O) groups excluding carboxylic acids is 1. The average Bonchev–Trinajstić information content (AvgIpc) is 3.59. The number of carbonyl (C=O) groups is 1. The Morgan fingerprint density at radius 1 is 1.03 bits per heavy atom. The molecule has 0 aliphatic carbocycles. The summed E-state index contributed by atoms with van der Waals surface area (Å²) in [5, 5.41) is 21.1. The molecule has 0 aliphatic heterocycles. The third-order valence-electron chi connectivity index (χ3n) is 5.38. The van der Waals surface area contributed by atoms with Gasteiger partial charge in [-0.3, -0.25) is 14.9 Å². The molecule has 2 heterocycles. The van der Waals surface area contributed by atoms with Gasteiger partial charge in [-0.25, -0.2) is 10.4 Å². The number of nitro groups is 1. The van der Waals surface area contributed by atoms with Crippen molar-refractivity contribution in [2.75, 3.05) is 5.32 Å². The molecule has 38 heavy (non-hydrogen) atoms. The van der Waals surface area contributed by atoms with E-state index in [2.05, 4.69) is 20.8 Å². The molecule has 5 rings (SSSR count). The second-order valence-electron chi connectivity index (χ2n) is 7.93. The van der Waals surface area contributed by atoms with E-state index in [-0.39, 0.29) is 10.7 Å². The Kier molecular flexibility index (Phi) is 7.25. The number of hydrazone groups is 1. The van der Waals surface area contributed by atoms with Crippen molar-refractivity contribution in [3.05, 3.63) is 117 Å². The van der Waals surface area contributed by atoms with Crippen LogP contribution in [0.3, 0.4) is 0 Å². The van der Waals surface area contributed by atoms with E-state index < -0.39 is 10.8 Å². The van der Waals surface area contributed by atoms with Crippen LogP contribution in [-0.4, -0.2) is 22.0 Å².